The first-order valence-electron chi connectivity index (χ1n) is 6.91. The van der Waals surface area contributed by atoms with Crippen LogP contribution in [-0.2, 0) is 4.79 Å². The maximum Gasteiger partial charge on any atom is 0.285 e. The molecule has 0 saturated carbocycles. The van der Waals surface area contributed by atoms with Gasteiger partial charge in [-0.25, -0.2) is 0 Å². The Labute approximate surface area is 163 Å². The highest BCUT2D eigenvalue weighted by atomic mass is 35.5. The number of amides is 2. The number of halogens is 2. The third-order valence-corrected chi connectivity index (χ3v) is 5.00. The number of hydrogen-bond donors (Lipinski definition) is 1. The number of hydrazine groups is 1. The summed E-state index contributed by atoms with van der Waals surface area (Å²) in [6, 6.07) is 9.81. The van der Waals surface area contributed by atoms with Crippen LogP contribution in [0, 0.1) is 0 Å². The Balaban J connectivity index is 1.79. The second-order valence-electron chi connectivity index (χ2n) is 4.84. The smallest absolute Gasteiger partial charge is 0.267 e. The van der Waals surface area contributed by atoms with Gasteiger partial charge in [0.25, 0.3) is 11.8 Å². The van der Waals surface area contributed by atoms with Gasteiger partial charge in [0.05, 0.1) is 21.2 Å². The van der Waals surface area contributed by atoms with Gasteiger partial charge in [0, 0.05) is 11.2 Å². The number of thioether (sulfide) groups is 1. The Morgan fingerprint density at radius 1 is 1.28 bits per heavy atom. The van der Waals surface area contributed by atoms with Crippen molar-refractivity contribution in [2.75, 3.05) is 0 Å². The molecule has 126 valence electrons. The molecule has 0 atom stereocenters. The molecule has 1 aliphatic heterocycles. The number of benzene rings is 1. The summed E-state index contributed by atoms with van der Waals surface area (Å²) in [5, 5.41) is 1.60. The van der Waals surface area contributed by atoms with Crippen molar-refractivity contribution in [3.63, 3.8) is 0 Å². The molecule has 0 unspecified atom stereocenters. The van der Waals surface area contributed by atoms with Crippen molar-refractivity contribution in [1.29, 1.82) is 0 Å². The first-order valence-corrected chi connectivity index (χ1v) is 8.89. The van der Waals surface area contributed by atoms with E-state index in [2.05, 4.69) is 10.4 Å². The van der Waals surface area contributed by atoms with E-state index < -0.39 is 11.8 Å². The van der Waals surface area contributed by atoms with Crippen LogP contribution in [-0.4, -0.2) is 26.1 Å². The van der Waals surface area contributed by atoms with Gasteiger partial charge in [0.2, 0.25) is 0 Å². The van der Waals surface area contributed by atoms with E-state index in [0.717, 1.165) is 16.8 Å². The molecule has 2 heterocycles. The lowest BCUT2D eigenvalue weighted by Gasteiger charge is -2.16. The summed E-state index contributed by atoms with van der Waals surface area (Å²) < 4.78 is 0.214. The molecule has 2 amide bonds. The van der Waals surface area contributed by atoms with E-state index in [9.17, 15) is 9.59 Å². The molecule has 0 aliphatic carbocycles. The van der Waals surface area contributed by atoms with Crippen LogP contribution in [0.1, 0.15) is 16.1 Å². The van der Waals surface area contributed by atoms with Gasteiger partial charge < -0.3 is 0 Å². The van der Waals surface area contributed by atoms with E-state index in [1.165, 1.54) is 18.2 Å². The summed E-state index contributed by atoms with van der Waals surface area (Å²) in [5.41, 5.74) is 3.27. The number of carbonyl (C=O) groups is 2. The Kier molecular flexibility index (Phi) is 5.39. The second kappa shape index (κ2) is 7.53. The molecule has 1 fully saturated rings. The number of thiocarbonyl (C=S) groups is 1. The molecule has 3 rings (SSSR count). The van der Waals surface area contributed by atoms with Crippen molar-refractivity contribution in [1.82, 2.24) is 15.4 Å². The molecular weight excluding hydrogens is 401 g/mol. The molecule has 25 heavy (non-hydrogen) atoms. The average molecular weight is 410 g/mol. The highest BCUT2D eigenvalue weighted by Gasteiger charge is 2.34. The lowest BCUT2D eigenvalue weighted by atomic mass is 10.2. The van der Waals surface area contributed by atoms with Gasteiger partial charge in [0.15, 0.2) is 4.32 Å². The monoisotopic (exact) mass is 409 g/mol. The highest BCUT2D eigenvalue weighted by molar-refractivity contribution is 8.26. The van der Waals surface area contributed by atoms with Crippen molar-refractivity contribution >= 4 is 69.4 Å². The third-order valence-electron chi connectivity index (χ3n) is 3.15. The minimum atomic E-state index is -0.558. The average Bonchev–Trinajstić information content (AvgIpc) is 2.83. The van der Waals surface area contributed by atoms with Crippen molar-refractivity contribution in [3.8, 4) is 0 Å². The molecule has 0 bridgehead atoms. The maximum absolute atomic E-state index is 12.5. The summed E-state index contributed by atoms with van der Waals surface area (Å²) in [4.78, 5) is 29.3. The normalized spacial score (nSPS) is 15.8. The predicted octanol–water partition coefficient (Wildman–Crippen LogP) is 3.93. The number of pyridine rings is 1. The molecule has 1 saturated heterocycles. The number of nitrogens with zero attached hydrogens (tertiary/aromatic N) is 2. The first-order chi connectivity index (χ1) is 12.0. The van der Waals surface area contributed by atoms with E-state index in [0.29, 0.717) is 15.6 Å². The molecule has 9 heteroatoms. The van der Waals surface area contributed by atoms with Crippen LogP contribution in [0.5, 0.6) is 0 Å². The topological polar surface area (TPSA) is 62.3 Å². The number of carbonyl (C=O) groups excluding carboxylic acids is 2. The third kappa shape index (κ3) is 4.01. The van der Waals surface area contributed by atoms with E-state index in [1.54, 1.807) is 24.4 Å². The van der Waals surface area contributed by atoms with Gasteiger partial charge >= 0.3 is 0 Å². The van der Waals surface area contributed by atoms with Crippen molar-refractivity contribution < 1.29 is 9.59 Å². The summed E-state index contributed by atoms with van der Waals surface area (Å²) in [6.45, 7) is 0. The van der Waals surface area contributed by atoms with Crippen LogP contribution in [0.4, 0.5) is 0 Å². The predicted molar refractivity (Wildman–Crippen MR) is 103 cm³/mol. The lowest BCUT2D eigenvalue weighted by Crippen LogP contribution is -2.44. The fourth-order valence-electron chi connectivity index (χ4n) is 2.00. The summed E-state index contributed by atoms with van der Waals surface area (Å²) >= 11 is 18.1. The van der Waals surface area contributed by atoms with Crippen molar-refractivity contribution in [2.45, 2.75) is 0 Å². The highest BCUT2D eigenvalue weighted by Crippen LogP contribution is 2.31. The number of nitrogens with one attached hydrogen (secondary N) is 1. The van der Waals surface area contributed by atoms with Crippen LogP contribution in [0.3, 0.4) is 0 Å². The zero-order valence-electron chi connectivity index (χ0n) is 12.4. The molecule has 1 N–H and O–H groups in total. The molecule has 0 spiro atoms. The summed E-state index contributed by atoms with van der Waals surface area (Å²) in [7, 11) is 0. The van der Waals surface area contributed by atoms with Crippen molar-refractivity contribution in [2.24, 2.45) is 0 Å². The van der Waals surface area contributed by atoms with Gasteiger partial charge in [-0.2, -0.15) is 5.01 Å². The molecule has 2 aromatic rings. The number of rotatable bonds is 3. The van der Waals surface area contributed by atoms with Gasteiger partial charge in [-0.1, -0.05) is 41.0 Å². The standard InChI is InChI=1S/C16H9Cl2N3O2S2/c17-9-4-5-11(12(18)7-9)14(22)20-21-15(23)13(25-16(21)24)8-10-3-1-2-6-19-10/h1-8H,(H,20,22)/b13-8-. The minimum Gasteiger partial charge on any atom is -0.267 e. The van der Waals surface area contributed by atoms with Crippen molar-refractivity contribution in [3.05, 3.63) is 68.8 Å². The van der Waals surface area contributed by atoms with E-state index in [1.807, 2.05) is 6.07 Å². The second-order valence-corrected chi connectivity index (χ2v) is 7.36. The van der Waals surface area contributed by atoms with Crippen LogP contribution < -0.4 is 5.43 Å². The van der Waals surface area contributed by atoms with E-state index in [4.69, 9.17) is 35.4 Å². The van der Waals surface area contributed by atoms with Gasteiger partial charge in [-0.05, 0) is 48.6 Å². The fraction of sp³-hybridized carbons (Fsp3) is 0. The zero-order chi connectivity index (χ0) is 18.0. The number of aromatic nitrogens is 1. The zero-order valence-corrected chi connectivity index (χ0v) is 15.5. The largest absolute Gasteiger partial charge is 0.285 e. The van der Waals surface area contributed by atoms with Gasteiger partial charge in [0.1, 0.15) is 0 Å². The SMILES string of the molecule is O=C(NN1C(=O)/C(=C/c2ccccn2)SC1=S)c1ccc(Cl)cc1Cl. The van der Waals surface area contributed by atoms with E-state index in [-0.39, 0.29) is 14.9 Å². The fourth-order valence-corrected chi connectivity index (χ4v) is 3.65. The molecule has 1 aromatic heterocycles. The Hall–Kier alpha value is -1.93. The Morgan fingerprint density at radius 2 is 2.08 bits per heavy atom. The van der Waals surface area contributed by atoms with Crippen LogP contribution >= 0.6 is 47.2 Å². The molecular formula is C16H9Cl2N3O2S2. The molecule has 1 aliphatic rings. The maximum atomic E-state index is 12.5. The molecule has 0 radical (unpaired) electrons. The summed E-state index contributed by atoms with van der Waals surface area (Å²) in [5.74, 6) is -0.990. The lowest BCUT2D eigenvalue weighted by molar-refractivity contribution is -0.123. The van der Waals surface area contributed by atoms with Crippen LogP contribution in [0.25, 0.3) is 6.08 Å². The molecule has 5 nitrogen and oxygen atoms in total. The van der Waals surface area contributed by atoms with Gasteiger partial charge in [-0.15, -0.1) is 0 Å². The van der Waals surface area contributed by atoms with Crippen LogP contribution in [0.2, 0.25) is 10.0 Å². The van der Waals surface area contributed by atoms with Crippen LogP contribution in [0.15, 0.2) is 47.5 Å². The Morgan fingerprint density at radius 3 is 2.76 bits per heavy atom. The summed E-state index contributed by atoms with van der Waals surface area (Å²) in [6.07, 6.45) is 3.23. The van der Waals surface area contributed by atoms with E-state index >= 15 is 0 Å². The Bertz CT molecular complexity index is 904. The first kappa shape index (κ1) is 17.9. The van der Waals surface area contributed by atoms with Gasteiger partial charge in [-0.3, -0.25) is 20.0 Å². The molecule has 1 aromatic carbocycles. The quantitative estimate of drug-likeness (QED) is 0.614. The number of hydrogen-bond acceptors (Lipinski definition) is 5. The minimum absolute atomic E-state index is 0.180.